The molecule has 1 aromatic carbocycles. The van der Waals surface area contributed by atoms with Crippen LogP contribution in [0, 0.1) is 0 Å². The molecule has 1 saturated heterocycles. The Morgan fingerprint density at radius 3 is 3.00 bits per heavy atom. The fraction of sp³-hybridized carbons (Fsp3) is 0.375. The lowest BCUT2D eigenvalue weighted by atomic mass is 10.1. The highest BCUT2D eigenvalue weighted by Crippen LogP contribution is 2.22. The van der Waals surface area contributed by atoms with Crippen LogP contribution in [-0.4, -0.2) is 28.4 Å². The number of hydrogen-bond acceptors (Lipinski definition) is 3. The van der Waals surface area contributed by atoms with Crippen molar-refractivity contribution in [3.8, 4) is 0 Å². The molecule has 1 N–H and O–H groups in total. The molecule has 122 valence electrons. The Morgan fingerprint density at radius 2 is 2.26 bits per heavy atom. The monoisotopic (exact) mass is 353 g/mol. The summed E-state index contributed by atoms with van der Waals surface area (Å²) in [5.41, 5.74) is 0.997. The lowest BCUT2D eigenvalue weighted by Crippen LogP contribution is -2.24. The molecule has 1 aliphatic heterocycles. The first-order valence-electron chi connectivity index (χ1n) is 7.52. The van der Waals surface area contributed by atoms with Crippen molar-refractivity contribution < 1.29 is 9.53 Å². The number of aromatic nitrogens is 2. The lowest BCUT2D eigenvalue weighted by Gasteiger charge is -2.22. The quantitative estimate of drug-likeness (QED) is 0.903. The van der Waals surface area contributed by atoms with Crippen LogP contribution in [0.5, 0.6) is 0 Å². The summed E-state index contributed by atoms with van der Waals surface area (Å²) < 4.78 is 7.48. The van der Waals surface area contributed by atoms with Gasteiger partial charge in [0.2, 0.25) is 0 Å². The molecule has 1 aliphatic rings. The fourth-order valence-electron chi connectivity index (χ4n) is 2.56. The van der Waals surface area contributed by atoms with Crippen molar-refractivity contribution in [1.82, 2.24) is 9.78 Å². The molecule has 0 saturated carbocycles. The van der Waals surface area contributed by atoms with Gasteiger partial charge in [0.1, 0.15) is 0 Å². The van der Waals surface area contributed by atoms with Gasteiger partial charge in [-0.15, -0.1) is 0 Å². The molecule has 3 rings (SSSR count). The van der Waals surface area contributed by atoms with E-state index in [4.69, 9.17) is 27.9 Å². The summed E-state index contributed by atoms with van der Waals surface area (Å²) in [4.78, 5) is 12.2. The molecule has 0 radical (unpaired) electrons. The molecule has 5 nitrogen and oxygen atoms in total. The standard InChI is InChI=1S/C16H17Cl2N3O2/c17-11-4-5-14(15(18)7-11)16(22)20-12-8-19-21(9-12)10-13-3-1-2-6-23-13/h4-5,7-9,13H,1-3,6,10H2,(H,20,22). The van der Waals surface area contributed by atoms with Crippen LogP contribution < -0.4 is 5.32 Å². The highest BCUT2D eigenvalue weighted by atomic mass is 35.5. The minimum atomic E-state index is -0.292. The average molecular weight is 354 g/mol. The van der Waals surface area contributed by atoms with Crippen LogP contribution in [0.15, 0.2) is 30.6 Å². The van der Waals surface area contributed by atoms with E-state index in [-0.39, 0.29) is 12.0 Å². The van der Waals surface area contributed by atoms with Gasteiger partial charge >= 0.3 is 0 Å². The fourth-order valence-corrected chi connectivity index (χ4v) is 3.05. The third-order valence-electron chi connectivity index (χ3n) is 3.73. The van der Waals surface area contributed by atoms with Gasteiger partial charge in [-0.25, -0.2) is 0 Å². The second-order valence-electron chi connectivity index (χ2n) is 5.52. The van der Waals surface area contributed by atoms with E-state index in [9.17, 15) is 4.79 Å². The molecule has 0 bridgehead atoms. The topological polar surface area (TPSA) is 56.2 Å². The second kappa shape index (κ2) is 7.34. The number of nitrogens with zero attached hydrogens (tertiary/aromatic N) is 2. The van der Waals surface area contributed by atoms with Crippen molar-refractivity contribution in [3.05, 3.63) is 46.2 Å². The van der Waals surface area contributed by atoms with Gasteiger partial charge in [-0.2, -0.15) is 5.10 Å². The van der Waals surface area contributed by atoms with E-state index in [0.717, 1.165) is 19.4 Å². The molecular weight excluding hydrogens is 337 g/mol. The number of benzene rings is 1. The predicted molar refractivity (Wildman–Crippen MR) is 90.2 cm³/mol. The molecule has 1 atom stereocenters. The molecule has 2 aromatic rings. The molecule has 1 amide bonds. The summed E-state index contributed by atoms with van der Waals surface area (Å²) in [6, 6.07) is 4.77. The number of ether oxygens (including phenoxy) is 1. The predicted octanol–water partition coefficient (Wildman–Crippen LogP) is 4.01. The van der Waals surface area contributed by atoms with Gasteiger partial charge < -0.3 is 10.1 Å². The number of hydrogen-bond donors (Lipinski definition) is 1. The second-order valence-corrected chi connectivity index (χ2v) is 6.36. The third-order valence-corrected chi connectivity index (χ3v) is 4.28. The van der Waals surface area contributed by atoms with Crippen LogP contribution >= 0.6 is 23.2 Å². The molecular formula is C16H17Cl2N3O2. The van der Waals surface area contributed by atoms with E-state index in [2.05, 4.69) is 10.4 Å². The SMILES string of the molecule is O=C(Nc1cnn(CC2CCCCO2)c1)c1ccc(Cl)cc1Cl. The maximum atomic E-state index is 12.2. The van der Waals surface area contributed by atoms with Gasteiger partial charge in [0.05, 0.1) is 35.1 Å². The summed E-state index contributed by atoms with van der Waals surface area (Å²) in [5.74, 6) is -0.292. The number of rotatable bonds is 4. The Bertz CT molecular complexity index is 696. The molecule has 0 aliphatic carbocycles. The Labute approximate surface area is 144 Å². The molecule has 1 fully saturated rings. The lowest BCUT2D eigenvalue weighted by molar-refractivity contribution is 0.00401. The van der Waals surface area contributed by atoms with E-state index >= 15 is 0 Å². The molecule has 23 heavy (non-hydrogen) atoms. The number of carbonyl (C=O) groups is 1. The zero-order chi connectivity index (χ0) is 16.2. The Hall–Kier alpha value is -1.56. The molecule has 0 spiro atoms. The minimum absolute atomic E-state index is 0.193. The number of carbonyl (C=O) groups excluding carboxylic acids is 1. The van der Waals surface area contributed by atoms with E-state index in [1.807, 2.05) is 0 Å². The highest BCUT2D eigenvalue weighted by Gasteiger charge is 2.16. The summed E-state index contributed by atoms with van der Waals surface area (Å²) in [6.45, 7) is 1.50. The first kappa shape index (κ1) is 16.3. The smallest absolute Gasteiger partial charge is 0.257 e. The van der Waals surface area contributed by atoms with Crippen LogP contribution in [-0.2, 0) is 11.3 Å². The summed E-state index contributed by atoms with van der Waals surface area (Å²) >= 11 is 11.9. The number of halogens is 2. The first-order chi connectivity index (χ1) is 11.1. The summed E-state index contributed by atoms with van der Waals surface area (Å²) in [7, 11) is 0. The van der Waals surface area contributed by atoms with Gasteiger partial charge in [-0.3, -0.25) is 9.48 Å². The Morgan fingerprint density at radius 1 is 1.39 bits per heavy atom. The molecule has 2 heterocycles. The van der Waals surface area contributed by atoms with E-state index in [0.29, 0.717) is 27.8 Å². The van der Waals surface area contributed by atoms with Crippen molar-refractivity contribution in [2.45, 2.75) is 31.9 Å². The zero-order valence-corrected chi connectivity index (χ0v) is 14.0. The van der Waals surface area contributed by atoms with Crippen LogP contribution in [0.1, 0.15) is 29.6 Å². The van der Waals surface area contributed by atoms with Crippen molar-refractivity contribution in [3.63, 3.8) is 0 Å². The molecule has 7 heteroatoms. The Balaban J connectivity index is 1.62. The van der Waals surface area contributed by atoms with E-state index in [1.165, 1.54) is 6.42 Å². The van der Waals surface area contributed by atoms with Crippen molar-refractivity contribution in [1.29, 1.82) is 0 Å². The first-order valence-corrected chi connectivity index (χ1v) is 8.28. The van der Waals surface area contributed by atoms with Gasteiger partial charge in [-0.1, -0.05) is 23.2 Å². The zero-order valence-electron chi connectivity index (χ0n) is 12.5. The van der Waals surface area contributed by atoms with Crippen LogP contribution in [0.4, 0.5) is 5.69 Å². The van der Waals surface area contributed by atoms with Crippen molar-refractivity contribution in [2.75, 3.05) is 11.9 Å². The van der Waals surface area contributed by atoms with E-state index < -0.39 is 0 Å². The van der Waals surface area contributed by atoms with Gasteiger partial charge in [0.15, 0.2) is 0 Å². The van der Waals surface area contributed by atoms with Crippen molar-refractivity contribution in [2.24, 2.45) is 0 Å². The van der Waals surface area contributed by atoms with Gasteiger partial charge in [0.25, 0.3) is 5.91 Å². The number of nitrogens with one attached hydrogen (secondary N) is 1. The van der Waals surface area contributed by atoms with Crippen LogP contribution in [0.3, 0.4) is 0 Å². The maximum absolute atomic E-state index is 12.2. The molecule has 1 aromatic heterocycles. The van der Waals surface area contributed by atoms with E-state index in [1.54, 1.807) is 35.3 Å². The van der Waals surface area contributed by atoms with Gasteiger partial charge in [-0.05, 0) is 37.5 Å². The summed E-state index contributed by atoms with van der Waals surface area (Å²) in [6.07, 6.45) is 6.95. The largest absolute Gasteiger partial charge is 0.376 e. The maximum Gasteiger partial charge on any atom is 0.257 e. The average Bonchev–Trinajstić information content (AvgIpc) is 2.95. The van der Waals surface area contributed by atoms with Crippen LogP contribution in [0.2, 0.25) is 10.0 Å². The Kier molecular flexibility index (Phi) is 5.20. The number of anilines is 1. The van der Waals surface area contributed by atoms with Crippen LogP contribution in [0.25, 0.3) is 0 Å². The normalized spacial score (nSPS) is 17.9. The molecule has 1 unspecified atom stereocenters. The van der Waals surface area contributed by atoms with Crippen molar-refractivity contribution >= 4 is 34.8 Å². The third kappa shape index (κ3) is 4.25. The highest BCUT2D eigenvalue weighted by molar-refractivity contribution is 6.37. The summed E-state index contributed by atoms with van der Waals surface area (Å²) in [5, 5.41) is 7.86. The minimum Gasteiger partial charge on any atom is -0.376 e. The number of amides is 1. The van der Waals surface area contributed by atoms with Gasteiger partial charge in [0, 0.05) is 17.8 Å².